The van der Waals surface area contributed by atoms with Gasteiger partial charge in [-0.3, -0.25) is 4.79 Å². The molecule has 0 saturated carbocycles. The Hall–Kier alpha value is -1.14. The van der Waals surface area contributed by atoms with Gasteiger partial charge >= 0.3 is 0 Å². The molecule has 1 amide bonds. The standard InChI is InChI=1S/C18H26N2O3.ClH/c19-8-16-9-20(10-17(16)15-4-2-1-3-5-15)18(21)13-23-12-14-6-7-22-11-14;/h1-5,14,16-17H,6-13,19H2;1H/t14?,16-,17+;/m1./s1. The quantitative estimate of drug-likeness (QED) is 0.843. The van der Waals surface area contributed by atoms with Gasteiger partial charge < -0.3 is 20.1 Å². The van der Waals surface area contributed by atoms with Crippen molar-refractivity contribution in [1.29, 1.82) is 0 Å². The van der Waals surface area contributed by atoms with Crippen LogP contribution < -0.4 is 5.73 Å². The first-order valence-corrected chi connectivity index (χ1v) is 8.46. The van der Waals surface area contributed by atoms with E-state index in [4.69, 9.17) is 15.2 Å². The Bertz CT molecular complexity index is 508. The summed E-state index contributed by atoms with van der Waals surface area (Å²) in [6, 6.07) is 10.3. The fourth-order valence-corrected chi connectivity index (χ4v) is 3.51. The monoisotopic (exact) mass is 354 g/mol. The Kier molecular flexibility index (Phi) is 7.49. The number of ether oxygens (including phenoxy) is 2. The lowest BCUT2D eigenvalue weighted by molar-refractivity contribution is -0.135. The summed E-state index contributed by atoms with van der Waals surface area (Å²) in [6.07, 6.45) is 1.03. The Balaban J connectivity index is 0.00000208. The fourth-order valence-electron chi connectivity index (χ4n) is 3.51. The summed E-state index contributed by atoms with van der Waals surface area (Å²) in [5.41, 5.74) is 7.19. The molecular weight excluding hydrogens is 328 g/mol. The first-order valence-electron chi connectivity index (χ1n) is 8.46. The molecule has 24 heavy (non-hydrogen) atoms. The van der Waals surface area contributed by atoms with Gasteiger partial charge in [-0.2, -0.15) is 0 Å². The number of rotatable bonds is 6. The van der Waals surface area contributed by atoms with Crippen LogP contribution in [0.3, 0.4) is 0 Å². The zero-order valence-corrected chi connectivity index (χ0v) is 14.7. The highest BCUT2D eigenvalue weighted by atomic mass is 35.5. The average molecular weight is 355 g/mol. The topological polar surface area (TPSA) is 64.8 Å². The van der Waals surface area contributed by atoms with Crippen molar-refractivity contribution in [1.82, 2.24) is 4.90 Å². The Morgan fingerprint density at radius 2 is 2.08 bits per heavy atom. The molecule has 1 unspecified atom stereocenters. The molecule has 2 saturated heterocycles. The van der Waals surface area contributed by atoms with Gasteiger partial charge in [0.25, 0.3) is 0 Å². The molecule has 0 aromatic heterocycles. The van der Waals surface area contributed by atoms with Gasteiger partial charge in [-0.05, 0) is 24.4 Å². The largest absolute Gasteiger partial charge is 0.381 e. The third-order valence-electron chi connectivity index (χ3n) is 4.93. The normalized spacial score (nSPS) is 26.4. The highest BCUT2D eigenvalue weighted by molar-refractivity contribution is 5.85. The van der Waals surface area contributed by atoms with Gasteiger partial charge in [-0.25, -0.2) is 0 Å². The van der Waals surface area contributed by atoms with Crippen LogP contribution in [0.25, 0.3) is 0 Å². The predicted molar refractivity (Wildman–Crippen MR) is 95.3 cm³/mol. The van der Waals surface area contributed by atoms with E-state index in [-0.39, 0.29) is 24.9 Å². The van der Waals surface area contributed by atoms with Crippen LogP contribution in [0.5, 0.6) is 0 Å². The highest BCUT2D eigenvalue weighted by Gasteiger charge is 2.35. The van der Waals surface area contributed by atoms with Crippen molar-refractivity contribution < 1.29 is 14.3 Å². The molecule has 2 aliphatic heterocycles. The average Bonchev–Trinajstić information content (AvgIpc) is 3.25. The Morgan fingerprint density at radius 3 is 2.75 bits per heavy atom. The van der Waals surface area contributed by atoms with Crippen molar-refractivity contribution in [3.8, 4) is 0 Å². The van der Waals surface area contributed by atoms with E-state index in [9.17, 15) is 4.79 Å². The van der Waals surface area contributed by atoms with Crippen LogP contribution >= 0.6 is 12.4 Å². The lowest BCUT2D eigenvalue weighted by Gasteiger charge is -2.17. The van der Waals surface area contributed by atoms with Crippen LogP contribution in [0.1, 0.15) is 17.9 Å². The Morgan fingerprint density at radius 1 is 1.29 bits per heavy atom. The summed E-state index contributed by atoms with van der Waals surface area (Å²) < 4.78 is 10.9. The van der Waals surface area contributed by atoms with Crippen LogP contribution in [0.2, 0.25) is 0 Å². The number of likely N-dealkylation sites (tertiary alicyclic amines) is 1. The maximum Gasteiger partial charge on any atom is 0.248 e. The molecule has 0 spiro atoms. The maximum atomic E-state index is 12.4. The maximum absolute atomic E-state index is 12.4. The predicted octanol–water partition coefficient (Wildman–Crippen LogP) is 1.66. The van der Waals surface area contributed by atoms with Gasteiger partial charge in [0, 0.05) is 31.5 Å². The highest BCUT2D eigenvalue weighted by Crippen LogP contribution is 2.32. The van der Waals surface area contributed by atoms with Crippen LogP contribution in [0, 0.1) is 11.8 Å². The minimum atomic E-state index is 0. The van der Waals surface area contributed by atoms with E-state index in [1.807, 2.05) is 23.1 Å². The molecular formula is C18H27ClN2O3. The second kappa shape index (κ2) is 9.37. The molecule has 134 valence electrons. The molecule has 1 aromatic carbocycles. The zero-order chi connectivity index (χ0) is 16.1. The molecule has 3 atom stereocenters. The molecule has 0 aliphatic carbocycles. The summed E-state index contributed by atoms with van der Waals surface area (Å²) in [6.45, 7) is 4.40. The lowest BCUT2D eigenvalue weighted by atomic mass is 9.89. The van der Waals surface area contributed by atoms with Gasteiger partial charge in [0.15, 0.2) is 0 Å². The molecule has 1 aromatic rings. The summed E-state index contributed by atoms with van der Waals surface area (Å²) in [4.78, 5) is 14.3. The van der Waals surface area contributed by atoms with E-state index in [0.717, 1.165) is 32.7 Å². The lowest BCUT2D eigenvalue weighted by Crippen LogP contribution is -2.33. The number of carbonyl (C=O) groups excluding carboxylic acids is 1. The molecule has 5 nitrogen and oxygen atoms in total. The minimum absolute atomic E-state index is 0. The van der Waals surface area contributed by atoms with Crippen molar-refractivity contribution in [3.63, 3.8) is 0 Å². The fraction of sp³-hybridized carbons (Fsp3) is 0.611. The van der Waals surface area contributed by atoms with Crippen molar-refractivity contribution in [3.05, 3.63) is 35.9 Å². The summed E-state index contributed by atoms with van der Waals surface area (Å²) >= 11 is 0. The summed E-state index contributed by atoms with van der Waals surface area (Å²) in [5, 5.41) is 0. The first kappa shape index (κ1) is 19.2. The second-order valence-electron chi connectivity index (χ2n) is 6.56. The second-order valence-corrected chi connectivity index (χ2v) is 6.56. The number of hydrogen-bond donors (Lipinski definition) is 1. The van der Waals surface area contributed by atoms with Gasteiger partial charge in [0.05, 0.1) is 13.2 Å². The van der Waals surface area contributed by atoms with Crippen LogP contribution in [-0.2, 0) is 14.3 Å². The third-order valence-corrected chi connectivity index (χ3v) is 4.93. The number of halogens is 1. The van der Waals surface area contributed by atoms with Crippen molar-refractivity contribution in [2.24, 2.45) is 17.6 Å². The van der Waals surface area contributed by atoms with Gasteiger partial charge in [0.2, 0.25) is 5.91 Å². The molecule has 6 heteroatoms. The Labute approximate surface area is 149 Å². The third kappa shape index (κ3) is 4.70. The van der Waals surface area contributed by atoms with Crippen LogP contribution in [0.4, 0.5) is 0 Å². The number of amides is 1. The minimum Gasteiger partial charge on any atom is -0.381 e. The number of nitrogens with zero attached hydrogens (tertiary/aromatic N) is 1. The molecule has 3 rings (SSSR count). The van der Waals surface area contributed by atoms with Gasteiger partial charge in [-0.15, -0.1) is 12.4 Å². The zero-order valence-electron chi connectivity index (χ0n) is 13.9. The van der Waals surface area contributed by atoms with Crippen molar-refractivity contribution >= 4 is 18.3 Å². The molecule has 2 heterocycles. The molecule has 2 N–H and O–H groups in total. The summed E-state index contributed by atoms with van der Waals surface area (Å²) in [5.74, 6) is 1.16. The number of nitrogens with two attached hydrogens (primary N) is 1. The van der Waals surface area contributed by atoms with Crippen LogP contribution in [-0.4, -0.2) is 56.9 Å². The molecule has 2 aliphatic rings. The number of benzene rings is 1. The van der Waals surface area contributed by atoms with Crippen molar-refractivity contribution in [2.75, 3.05) is 46.1 Å². The van der Waals surface area contributed by atoms with E-state index in [0.29, 0.717) is 30.9 Å². The van der Waals surface area contributed by atoms with Crippen LogP contribution in [0.15, 0.2) is 30.3 Å². The SMILES string of the molecule is Cl.NC[C@@H]1CN(C(=O)COCC2CCOC2)C[C@H]1c1ccccc1. The van der Waals surface area contributed by atoms with E-state index in [1.165, 1.54) is 5.56 Å². The smallest absolute Gasteiger partial charge is 0.248 e. The van der Waals surface area contributed by atoms with Gasteiger partial charge in [0.1, 0.15) is 6.61 Å². The van der Waals surface area contributed by atoms with E-state index in [1.54, 1.807) is 0 Å². The van der Waals surface area contributed by atoms with E-state index >= 15 is 0 Å². The molecule has 0 radical (unpaired) electrons. The number of hydrogen-bond acceptors (Lipinski definition) is 4. The first-order chi connectivity index (χ1) is 11.3. The van der Waals surface area contributed by atoms with Gasteiger partial charge in [-0.1, -0.05) is 30.3 Å². The molecule has 2 fully saturated rings. The van der Waals surface area contributed by atoms with E-state index in [2.05, 4.69) is 12.1 Å². The van der Waals surface area contributed by atoms with E-state index < -0.39 is 0 Å². The summed E-state index contributed by atoms with van der Waals surface area (Å²) in [7, 11) is 0. The van der Waals surface area contributed by atoms with Crippen molar-refractivity contribution in [2.45, 2.75) is 12.3 Å². The number of carbonyl (C=O) groups is 1. The molecule has 0 bridgehead atoms.